The van der Waals surface area contributed by atoms with E-state index in [2.05, 4.69) is 45.4 Å². The Morgan fingerprint density at radius 1 is 0.978 bits per heavy atom. The molecule has 0 unspecified atom stereocenters. The Morgan fingerprint density at radius 2 is 1.63 bits per heavy atom. The molecule has 2 aliphatic rings. The Hall–Kier alpha value is -4.57. The van der Waals surface area contributed by atoms with Crippen molar-refractivity contribution in [3.63, 3.8) is 0 Å². The summed E-state index contributed by atoms with van der Waals surface area (Å²) in [5.74, 6) is 1.30. The fraction of sp³-hybridized carbons (Fsp3) is 0.417. The van der Waals surface area contributed by atoms with Gasteiger partial charge in [0.05, 0.1) is 4.92 Å². The number of hydrogen-bond acceptors (Lipinski definition) is 8. The van der Waals surface area contributed by atoms with Crippen molar-refractivity contribution in [1.29, 1.82) is 0 Å². The molecule has 46 heavy (non-hydrogen) atoms. The minimum absolute atomic E-state index is 0.0356. The van der Waals surface area contributed by atoms with E-state index in [-0.39, 0.29) is 35.8 Å². The molecule has 1 aliphatic carbocycles. The molecule has 4 aromatic rings. The number of piperidine rings is 1. The van der Waals surface area contributed by atoms with Crippen LogP contribution in [-0.2, 0) is 16.8 Å². The molecule has 2 fully saturated rings. The second kappa shape index (κ2) is 14.2. The van der Waals surface area contributed by atoms with Gasteiger partial charge in [0.15, 0.2) is 0 Å². The largest absolute Gasteiger partial charge is 0.445 e. The van der Waals surface area contributed by atoms with Crippen molar-refractivity contribution in [1.82, 2.24) is 19.9 Å². The summed E-state index contributed by atoms with van der Waals surface area (Å²) in [6, 6.07) is 27.1. The van der Waals surface area contributed by atoms with Crippen LogP contribution in [0.1, 0.15) is 67.9 Å². The molecule has 1 saturated heterocycles. The van der Waals surface area contributed by atoms with Crippen molar-refractivity contribution < 1.29 is 19.0 Å². The Kier molecular flexibility index (Phi) is 9.73. The summed E-state index contributed by atoms with van der Waals surface area (Å²) in [5.41, 5.74) is 3.20. The molecule has 6 rings (SSSR count). The first-order chi connectivity index (χ1) is 22.4. The summed E-state index contributed by atoms with van der Waals surface area (Å²) in [4.78, 5) is 32.4. The summed E-state index contributed by atoms with van der Waals surface area (Å²) in [6.07, 6.45) is 6.65. The summed E-state index contributed by atoms with van der Waals surface area (Å²) in [6.45, 7) is 3.22. The van der Waals surface area contributed by atoms with Crippen LogP contribution in [0.3, 0.4) is 0 Å². The van der Waals surface area contributed by atoms with Crippen molar-refractivity contribution in [2.75, 3.05) is 26.7 Å². The van der Waals surface area contributed by atoms with Gasteiger partial charge in [-0.2, -0.15) is 4.98 Å². The lowest BCUT2D eigenvalue weighted by molar-refractivity contribution is -0.384. The third-order valence-electron chi connectivity index (χ3n) is 9.96. The maximum atomic E-state index is 12.9. The number of amides is 1. The van der Waals surface area contributed by atoms with Gasteiger partial charge in [-0.3, -0.25) is 10.1 Å². The van der Waals surface area contributed by atoms with Crippen molar-refractivity contribution in [2.45, 2.75) is 68.9 Å². The minimum Gasteiger partial charge on any atom is -0.445 e. The zero-order valence-corrected chi connectivity index (χ0v) is 26.3. The first-order valence-corrected chi connectivity index (χ1v) is 16.2. The number of likely N-dealkylation sites (tertiary alicyclic amines) is 1. The number of non-ortho nitro benzene ring substituents is 1. The Balaban J connectivity index is 1.02. The Bertz CT molecular complexity index is 1580. The Morgan fingerprint density at radius 3 is 2.28 bits per heavy atom. The van der Waals surface area contributed by atoms with Crippen LogP contribution in [0.15, 0.2) is 89.5 Å². The molecule has 1 aliphatic heterocycles. The van der Waals surface area contributed by atoms with Gasteiger partial charge in [0.25, 0.3) is 5.69 Å². The summed E-state index contributed by atoms with van der Waals surface area (Å²) in [7, 11) is 1.87. The number of carbonyl (C=O) groups excluding carboxylic acids is 1. The molecule has 0 N–H and O–H groups in total. The summed E-state index contributed by atoms with van der Waals surface area (Å²) < 4.78 is 11.3. The van der Waals surface area contributed by atoms with Crippen LogP contribution in [0.4, 0.5) is 10.5 Å². The van der Waals surface area contributed by atoms with Gasteiger partial charge in [-0.25, -0.2) is 4.79 Å². The van der Waals surface area contributed by atoms with Gasteiger partial charge < -0.3 is 19.1 Å². The standard InChI is InChI=1S/C36H41N5O5/c1-39(35(42)45-26-27-8-4-2-5-9-27)31-16-20-36(21-17-31,30-10-6-3-7-11-30)22-25-40-23-18-29(19-24-40)34-37-33(38-46-34)28-12-14-32(15-13-28)41(43)44/h2-15,29,31H,16-26H2,1H3. The van der Waals surface area contributed by atoms with Gasteiger partial charge in [-0.15, -0.1) is 0 Å². The molecule has 10 heteroatoms. The fourth-order valence-electron chi connectivity index (χ4n) is 7.01. The fourth-order valence-corrected chi connectivity index (χ4v) is 7.01. The third-order valence-corrected chi connectivity index (χ3v) is 9.96. The number of hydrogen-bond donors (Lipinski definition) is 0. The molecular formula is C36H41N5O5. The summed E-state index contributed by atoms with van der Waals surface area (Å²) in [5, 5.41) is 15.1. The molecule has 1 aromatic heterocycles. The second-order valence-corrected chi connectivity index (χ2v) is 12.7. The van der Waals surface area contributed by atoms with Gasteiger partial charge in [0.1, 0.15) is 6.61 Å². The molecule has 0 spiro atoms. The molecule has 3 aromatic carbocycles. The van der Waals surface area contributed by atoms with Gasteiger partial charge in [0, 0.05) is 36.7 Å². The highest BCUT2D eigenvalue weighted by molar-refractivity contribution is 5.67. The maximum absolute atomic E-state index is 12.9. The molecule has 0 bridgehead atoms. The molecule has 10 nitrogen and oxygen atoms in total. The van der Waals surface area contributed by atoms with E-state index in [0.29, 0.717) is 17.3 Å². The number of nitrogens with zero attached hydrogens (tertiary/aromatic N) is 5. The highest BCUT2D eigenvalue weighted by Gasteiger charge is 2.39. The van der Waals surface area contributed by atoms with E-state index in [0.717, 1.165) is 70.1 Å². The predicted octanol–water partition coefficient (Wildman–Crippen LogP) is 7.36. The lowest BCUT2D eigenvalue weighted by atomic mass is 9.66. The summed E-state index contributed by atoms with van der Waals surface area (Å²) >= 11 is 0. The highest BCUT2D eigenvalue weighted by atomic mass is 16.6. The molecule has 0 radical (unpaired) electrons. The Labute approximate surface area is 269 Å². The number of nitro benzene ring substituents is 1. The van der Waals surface area contributed by atoms with Crippen LogP contribution in [-0.4, -0.2) is 63.7 Å². The van der Waals surface area contributed by atoms with Gasteiger partial charge >= 0.3 is 6.09 Å². The van der Waals surface area contributed by atoms with E-state index >= 15 is 0 Å². The van der Waals surface area contributed by atoms with Crippen molar-refractivity contribution >= 4 is 11.8 Å². The van der Waals surface area contributed by atoms with E-state index in [1.54, 1.807) is 17.0 Å². The lowest BCUT2D eigenvalue weighted by Crippen LogP contribution is -2.45. The number of benzene rings is 3. The smallest absolute Gasteiger partial charge is 0.410 e. The van der Waals surface area contributed by atoms with Gasteiger partial charge in [-0.1, -0.05) is 65.8 Å². The minimum atomic E-state index is -0.419. The first-order valence-electron chi connectivity index (χ1n) is 16.2. The molecule has 2 heterocycles. The number of aromatic nitrogens is 2. The number of ether oxygens (including phenoxy) is 1. The van der Waals surface area contributed by atoms with E-state index in [1.807, 2.05) is 37.4 Å². The molecule has 240 valence electrons. The van der Waals surface area contributed by atoms with Crippen molar-refractivity contribution in [3.05, 3.63) is 112 Å². The zero-order valence-electron chi connectivity index (χ0n) is 26.3. The van der Waals surface area contributed by atoms with Crippen LogP contribution in [0, 0.1) is 10.1 Å². The zero-order chi connectivity index (χ0) is 31.9. The second-order valence-electron chi connectivity index (χ2n) is 12.7. The van der Waals surface area contributed by atoms with Crippen LogP contribution in [0.2, 0.25) is 0 Å². The number of carbonyl (C=O) groups is 1. The van der Waals surface area contributed by atoms with Crippen LogP contribution in [0.5, 0.6) is 0 Å². The topological polar surface area (TPSA) is 115 Å². The molecule has 1 saturated carbocycles. The van der Waals surface area contributed by atoms with E-state index < -0.39 is 4.92 Å². The highest BCUT2D eigenvalue weighted by Crippen LogP contribution is 2.44. The van der Waals surface area contributed by atoms with E-state index in [9.17, 15) is 14.9 Å². The van der Waals surface area contributed by atoms with Gasteiger partial charge in [0.2, 0.25) is 11.7 Å². The molecule has 0 atom stereocenters. The van der Waals surface area contributed by atoms with Crippen LogP contribution in [0.25, 0.3) is 11.4 Å². The van der Waals surface area contributed by atoms with Crippen LogP contribution >= 0.6 is 0 Å². The number of rotatable bonds is 10. The quantitative estimate of drug-likeness (QED) is 0.133. The normalized spacial score (nSPS) is 20.7. The lowest BCUT2D eigenvalue weighted by Gasteiger charge is -2.44. The monoisotopic (exact) mass is 623 g/mol. The molecular weight excluding hydrogens is 582 g/mol. The number of nitro groups is 1. The van der Waals surface area contributed by atoms with Crippen molar-refractivity contribution in [3.8, 4) is 11.4 Å². The average Bonchev–Trinajstić information content (AvgIpc) is 3.61. The third kappa shape index (κ3) is 7.28. The molecule has 1 amide bonds. The van der Waals surface area contributed by atoms with Crippen molar-refractivity contribution in [2.24, 2.45) is 0 Å². The van der Waals surface area contributed by atoms with Crippen LogP contribution < -0.4 is 0 Å². The van der Waals surface area contributed by atoms with Gasteiger partial charge in [-0.05, 0) is 93.3 Å². The first kappa shape index (κ1) is 31.4. The average molecular weight is 624 g/mol. The SMILES string of the molecule is CN(C(=O)OCc1ccccc1)C1CCC(CCN2CCC(c3nc(-c4ccc([N+](=O)[O-])cc4)no3)CC2)(c2ccccc2)CC1. The van der Waals surface area contributed by atoms with E-state index in [4.69, 9.17) is 9.26 Å². The predicted molar refractivity (Wildman–Crippen MR) is 174 cm³/mol. The maximum Gasteiger partial charge on any atom is 0.410 e. The van der Waals surface area contributed by atoms with E-state index in [1.165, 1.54) is 17.7 Å².